The molecule has 24 heavy (non-hydrogen) atoms. The zero-order valence-electron chi connectivity index (χ0n) is 13.9. The van der Waals surface area contributed by atoms with Crippen LogP contribution in [0, 0.1) is 6.92 Å². The maximum absolute atomic E-state index is 5.36. The Morgan fingerprint density at radius 1 is 0.917 bits per heavy atom. The second-order valence-corrected chi connectivity index (χ2v) is 5.93. The third kappa shape index (κ3) is 2.36. The molecule has 4 aromatic rings. The molecule has 0 saturated heterocycles. The van der Waals surface area contributed by atoms with E-state index in [4.69, 9.17) is 14.8 Å². The van der Waals surface area contributed by atoms with Crippen molar-refractivity contribution in [2.75, 3.05) is 7.11 Å². The second kappa shape index (κ2) is 5.57. The molecule has 3 aromatic carbocycles. The van der Waals surface area contributed by atoms with Crippen LogP contribution in [0.2, 0.25) is 0 Å². The standard InChI is InChI=1S/C20H18N3O/c1-13-8-9-16(24-3)12-17(13)20-21-18-10-14-6-4-5-7-15(14)11-19(18)22-23(20)2/h4-12H,1-3H3/q+1. The highest BCUT2D eigenvalue weighted by Gasteiger charge is 2.20. The first kappa shape index (κ1) is 14.6. The molecule has 0 N–H and O–H groups in total. The molecule has 0 aliphatic rings. The van der Waals surface area contributed by atoms with Crippen molar-refractivity contribution >= 4 is 21.8 Å². The van der Waals surface area contributed by atoms with E-state index in [1.807, 2.05) is 42.1 Å². The molecule has 0 fully saturated rings. The van der Waals surface area contributed by atoms with E-state index in [1.54, 1.807) is 7.11 Å². The van der Waals surface area contributed by atoms with Gasteiger partial charge in [-0.3, -0.25) is 0 Å². The molecular weight excluding hydrogens is 298 g/mol. The molecule has 118 valence electrons. The monoisotopic (exact) mass is 316 g/mol. The van der Waals surface area contributed by atoms with Crippen LogP contribution < -0.4 is 9.42 Å². The van der Waals surface area contributed by atoms with E-state index in [2.05, 4.69) is 31.2 Å². The minimum Gasteiger partial charge on any atom is -0.497 e. The van der Waals surface area contributed by atoms with Crippen LogP contribution in [0.4, 0.5) is 0 Å². The Hall–Kier alpha value is -3.01. The van der Waals surface area contributed by atoms with Crippen LogP contribution in [0.15, 0.2) is 54.6 Å². The summed E-state index contributed by atoms with van der Waals surface area (Å²) >= 11 is 0. The van der Waals surface area contributed by atoms with Crippen molar-refractivity contribution in [1.29, 1.82) is 0 Å². The molecular formula is C20H18N3O+. The van der Waals surface area contributed by atoms with E-state index in [1.165, 1.54) is 10.8 Å². The van der Waals surface area contributed by atoms with Crippen LogP contribution in [-0.4, -0.2) is 17.2 Å². The summed E-state index contributed by atoms with van der Waals surface area (Å²) in [4.78, 5) is 4.88. The van der Waals surface area contributed by atoms with E-state index in [9.17, 15) is 0 Å². The molecule has 1 aromatic heterocycles. The van der Waals surface area contributed by atoms with Gasteiger partial charge in [0.1, 0.15) is 12.8 Å². The first-order valence-electron chi connectivity index (χ1n) is 7.87. The zero-order chi connectivity index (χ0) is 16.7. The highest BCUT2D eigenvalue weighted by Crippen LogP contribution is 2.26. The van der Waals surface area contributed by atoms with Crippen LogP contribution in [0.3, 0.4) is 0 Å². The fourth-order valence-corrected chi connectivity index (χ4v) is 2.98. The third-order valence-electron chi connectivity index (χ3n) is 4.32. The number of rotatable bonds is 2. The summed E-state index contributed by atoms with van der Waals surface area (Å²) in [5, 5.41) is 7.05. The Balaban J connectivity index is 1.99. The number of fused-ring (bicyclic) bond motifs is 2. The maximum atomic E-state index is 5.36. The van der Waals surface area contributed by atoms with Crippen molar-refractivity contribution in [1.82, 2.24) is 10.1 Å². The smallest absolute Gasteiger partial charge is 0.351 e. The van der Waals surface area contributed by atoms with E-state index in [0.29, 0.717) is 0 Å². The molecule has 0 aliphatic heterocycles. The van der Waals surface area contributed by atoms with Gasteiger partial charge in [0.2, 0.25) is 5.52 Å². The lowest BCUT2D eigenvalue weighted by Crippen LogP contribution is -2.37. The number of aromatic nitrogens is 3. The molecule has 0 bridgehead atoms. The van der Waals surface area contributed by atoms with Gasteiger partial charge in [0.25, 0.3) is 0 Å². The molecule has 0 aliphatic carbocycles. The molecule has 0 spiro atoms. The van der Waals surface area contributed by atoms with Crippen molar-refractivity contribution in [2.45, 2.75) is 6.92 Å². The predicted octanol–water partition coefficient (Wildman–Crippen LogP) is 3.59. The quantitative estimate of drug-likeness (QED) is 0.419. The van der Waals surface area contributed by atoms with Gasteiger partial charge in [0.15, 0.2) is 5.52 Å². The first-order chi connectivity index (χ1) is 11.7. The third-order valence-corrected chi connectivity index (χ3v) is 4.32. The van der Waals surface area contributed by atoms with Crippen LogP contribution in [0.25, 0.3) is 33.2 Å². The molecule has 0 amide bonds. The second-order valence-electron chi connectivity index (χ2n) is 5.93. The largest absolute Gasteiger partial charge is 0.497 e. The van der Waals surface area contributed by atoms with E-state index < -0.39 is 0 Å². The van der Waals surface area contributed by atoms with Crippen molar-refractivity contribution in [3.05, 3.63) is 60.2 Å². The fourth-order valence-electron chi connectivity index (χ4n) is 2.98. The maximum Gasteiger partial charge on any atom is 0.351 e. The number of hydrogen-bond acceptors (Lipinski definition) is 3. The Bertz CT molecular complexity index is 1070. The molecule has 0 atom stereocenters. The first-order valence-corrected chi connectivity index (χ1v) is 7.87. The Morgan fingerprint density at radius 2 is 1.62 bits per heavy atom. The van der Waals surface area contributed by atoms with Crippen molar-refractivity contribution < 1.29 is 9.42 Å². The van der Waals surface area contributed by atoms with Crippen LogP contribution >= 0.6 is 0 Å². The summed E-state index contributed by atoms with van der Waals surface area (Å²) in [5.74, 6) is 1.64. The molecule has 4 nitrogen and oxygen atoms in total. The van der Waals surface area contributed by atoms with Gasteiger partial charge in [0, 0.05) is 0 Å². The van der Waals surface area contributed by atoms with Gasteiger partial charge in [-0.05, 0) is 52.5 Å². The van der Waals surface area contributed by atoms with Gasteiger partial charge >= 0.3 is 5.82 Å². The fraction of sp³-hybridized carbons (Fsp3) is 0.150. The average molecular weight is 316 g/mol. The number of nitrogens with zero attached hydrogens (tertiary/aromatic N) is 3. The number of hydrogen-bond donors (Lipinski definition) is 0. The highest BCUT2D eigenvalue weighted by molar-refractivity contribution is 5.94. The number of benzene rings is 3. The van der Waals surface area contributed by atoms with Crippen molar-refractivity contribution in [3.63, 3.8) is 0 Å². The summed E-state index contributed by atoms with van der Waals surface area (Å²) in [6.45, 7) is 2.07. The summed E-state index contributed by atoms with van der Waals surface area (Å²) in [6, 6.07) is 18.5. The highest BCUT2D eigenvalue weighted by atomic mass is 16.5. The predicted molar refractivity (Wildman–Crippen MR) is 94.9 cm³/mol. The van der Waals surface area contributed by atoms with Gasteiger partial charge in [-0.15, -0.1) is 4.68 Å². The molecule has 0 unspecified atom stereocenters. The Labute approximate surface area is 140 Å². The lowest BCUT2D eigenvalue weighted by molar-refractivity contribution is -0.720. The summed E-state index contributed by atoms with van der Waals surface area (Å²) < 4.78 is 7.19. The van der Waals surface area contributed by atoms with Crippen LogP contribution in [0.5, 0.6) is 5.75 Å². The van der Waals surface area contributed by atoms with E-state index in [-0.39, 0.29) is 0 Å². The minimum atomic E-state index is 0.816. The van der Waals surface area contributed by atoms with E-state index in [0.717, 1.165) is 33.7 Å². The normalized spacial score (nSPS) is 11.1. The molecule has 4 rings (SSSR count). The summed E-state index contributed by atoms with van der Waals surface area (Å²) in [7, 11) is 3.60. The van der Waals surface area contributed by atoms with Gasteiger partial charge < -0.3 is 4.74 Å². The van der Waals surface area contributed by atoms with Crippen molar-refractivity contribution in [3.8, 4) is 17.1 Å². The lowest BCUT2D eigenvalue weighted by Gasteiger charge is -2.06. The van der Waals surface area contributed by atoms with Crippen LogP contribution in [0.1, 0.15) is 5.56 Å². The summed E-state index contributed by atoms with van der Waals surface area (Å²) in [6.07, 6.45) is 0. The number of methoxy groups -OCH3 is 1. The SMILES string of the molecule is COc1ccc(C)c(-c2nc3cc4ccccc4cc3n[n+]2C)c1. The zero-order valence-corrected chi connectivity index (χ0v) is 13.9. The number of ether oxygens (including phenoxy) is 1. The molecule has 0 radical (unpaired) electrons. The minimum absolute atomic E-state index is 0.816. The van der Waals surface area contributed by atoms with Gasteiger partial charge in [0.05, 0.1) is 12.7 Å². The average Bonchev–Trinajstić information content (AvgIpc) is 2.60. The Kier molecular flexibility index (Phi) is 3.38. The van der Waals surface area contributed by atoms with Crippen LogP contribution in [-0.2, 0) is 7.05 Å². The lowest BCUT2D eigenvalue weighted by atomic mass is 10.1. The Morgan fingerprint density at radius 3 is 2.33 bits per heavy atom. The topological polar surface area (TPSA) is 38.9 Å². The summed E-state index contributed by atoms with van der Waals surface area (Å²) in [5.41, 5.74) is 3.95. The van der Waals surface area contributed by atoms with E-state index >= 15 is 0 Å². The number of aryl methyl sites for hydroxylation is 2. The van der Waals surface area contributed by atoms with Gasteiger partial charge in [-0.1, -0.05) is 35.4 Å². The van der Waals surface area contributed by atoms with Gasteiger partial charge in [-0.25, -0.2) is 0 Å². The van der Waals surface area contributed by atoms with Gasteiger partial charge in [-0.2, -0.15) is 0 Å². The van der Waals surface area contributed by atoms with Crippen molar-refractivity contribution in [2.24, 2.45) is 7.05 Å². The molecule has 0 saturated carbocycles. The molecule has 1 heterocycles. The molecule has 4 heteroatoms.